The summed E-state index contributed by atoms with van der Waals surface area (Å²) < 4.78 is 23.7. The Balaban J connectivity index is 2.87. The van der Waals surface area contributed by atoms with Crippen molar-refractivity contribution in [2.75, 3.05) is 0 Å². The quantitative estimate of drug-likeness (QED) is 0.792. The molecule has 64 valence electrons. The third kappa shape index (κ3) is 1.16. The van der Waals surface area contributed by atoms with Gasteiger partial charge in [-0.2, -0.15) is 0 Å². The lowest BCUT2D eigenvalue weighted by molar-refractivity contribution is 0.599. The zero-order valence-corrected chi connectivity index (χ0v) is 8.30. The van der Waals surface area contributed by atoms with Gasteiger partial charge in [-0.25, -0.2) is 13.6 Å². The van der Waals surface area contributed by atoms with Gasteiger partial charge in [0.2, 0.25) is 10.0 Å². The Bertz CT molecular complexity index is 508. The van der Waals surface area contributed by atoms with Gasteiger partial charge in [-0.3, -0.25) is 0 Å². The summed E-state index contributed by atoms with van der Waals surface area (Å²) in [4.78, 5) is 0.248. The normalized spacial score (nSPS) is 12.4. The largest absolute Gasteiger partial charge is 0.240 e. The monoisotopic (exact) mass is 219 g/mol. The second kappa shape index (κ2) is 2.53. The minimum Gasteiger partial charge on any atom is -0.225 e. The van der Waals surface area contributed by atoms with E-state index in [9.17, 15) is 8.42 Å². The molecule has 2 heterocycles. The molecule has 0 aliphatic heterocycles. The van der Waals surface area contributed by atoms with E-state index in [0.29, 0.717) is 0 Å². The van der Waals surface area contributed by atoms with Gasteiger partial charge in [0.05, 0.1) is 4.70 Å². The van der Waals surface area contributed by atoms with Crippen LogP contribution in [0.2, 0.25) is 0 Å². The van der Waals surface area contributed by atoms with E-state index >= 15 is 0 Å². The molecule has 0 aliphatic carbocycles. The zero-order valence-electron chi connectivity index (χ0n) is 5.85. The van der Waals surface area contributed by atoms with Crippen LogP contribution in [0.25, 0.3) is 9.40 Å². The summed E-state index contributed by atoms with van der Waals surface area (Å²) in [5.41, 5.74) is 0. The van der Waals surface area contributed by atoms with Crippen molar-refractivity contribution >= 4 is 42.1 Å². The van der Waals surface area contributed by atoms with Crippen molar-refractivity contribution in [3.63, 3.8) is 0 Å². The molecular weight excluding hydrogens is 214 g/mol. The van der Waals surface area contributed by atoms with Gasteiger partial charge in [0.15, 0.2) is 0 Å². The SMILES string of the molecule is NS(=O)(=O)c1csc2ccsc12. The molecule has 0 aliphatic rings. The first kappa shape index (κ1) is 8.18. The molecule has 6 heteroatoms. The van der Waals surface area contributed by atoms with Gasteiger partial charge in [0, 0.05) is 10.1 Å². The second-order valence-corrected chi connectivity index (χ2v) is 5.62. The minimum absolute atomic E-state index is 0.248. The lowest BCUT2D eigenvalue weighted by Crippen LogP contribution is -2.10. The topological polar surface area (TPSA) is 60.2 Å². The van der Waals surface area contributed by atoms with Crippen LogP contribution < -0.4 is 5.14 Å². The Morgan fingerprint density at radius 3 is 2.75 bits per heavy atom. The standard InChI is InChI=1S/C6H5NO2S3/c7-12(8,9)5-3-11-4-1-2-10-6(4)5/h1-3H,(H2,7,8,9). The highest BCUT2D eigenvalue weighted by atomic mass is 32.2. The molecule has 0 atom stereocenters. The first-order valence-corrected chi connectivity index (χ1v) is 6.37. The van der Waals surface area contributed by atoms with Crippen LogP contribution in [0.15, 0.2) is 21.7 Å². The molecule has 0 saturated carbocycles. The third-order valence-electron chi connectivity index (χ3n) is 1.45. The van der Waals surface area contributed by atoms with E-state index in [-0.39, 0.29) is 4.90 Å². The molecule has 2 aromatic rings. The summed E-state index contributed by atoms with van der Waals surface area (Å²) in [5.74, 6) is 0. The van der Waals surface area contributed by atoms with Gasteiger partial charge in [-0.1, -0.05) is 0 Å². The Morgan fingerprint density at radius 1 is 1.33 bits per heavy atom. The molecule has 2 rings (SSSR count). The second-order valence-electron chi connectivity index (χ2n) is 2.26. The third-order valence-corrected chi connectivity index (χ3v) is 4.69. The number of hydrogen-bond donors (Lipinski definition) is 1. The van der Waals surface area contributed by atoms with E-state index in [4.69, 9.17) is 5.14 Å². The van der Waals surface area contributed by atoms with Crippen molar-refractivity contribution in [3.8, 4) is 0 Å². The lowest BCUT2D eigenvalue weighted by Gasteiger charge is -1.89. The van der Waals surface area contributed by atoms with Crippen LogP contribution in [-0.2, 0) is 10.0 Å². The number of nitrogens with two attached hydrogens (primary N) is 1. The summed E-state index contributed by atoms with van der Waals surface area (Å²) in [6.07, 6.45) is 0. The van der Waals surface area contributed by atoms with Crippen molar-refractivity contribution < 1.29 is 8.42 Å². The smallest absolute Gasteiger partial charge is 0.225 e. The minimum atomic E-state index is -3.54. The molecule has 0 unspecified atom stereocenters. The first-order valence-electron chi connectivity index (χ1n) is 3.06. The van der Waals surface area contributed by atoms with Crippen LogP contribution in [0.4, 0.5) is 0 Å². The molecule has 0 fully saturated rings. The molecule has 0 radical (unpaired) electrons. The van der Waals surface area contributed by atoms with Crippen LogP contribution in [0.3, 0.4) is 0 Å². The highest BCUT2D eigenvalue weighted by Gasteiger charge is 2.14. The fourth-order valence-corrected chi connectivity index (χ4v) is 4.41. The van der Waals surface area contributed by atoms with Gasteiger partial charge < -0.3 is 0 Å². The summed E-state index contributed by atoms with van der Waals surface area (Å²) in [5, 5.41) is 8.45. The van der Waals surface area contributed by atoms with Crippen molar-refractivity contribution in [1.29, 1.82) is 0 Å². The van der Waals surface area contributed by atoms with Gasteiger partial charge in [0.1, 0.15) is 4.90 Å². The van der Waals surface area contributed by atoms with Crippen LogP contribution in [-0.4, -0.2) is 8.42 Å². The Labute approximate surface area is 77.5 Å². The van der Waals surface area contributed by atoms with Crippen molar-refractivity contribution in [1.82, 2.24) is 0 Å². The molecule has 0 amide bonds. The zero-order chi connectivity index (χ0) is 8.77. The number of rotatable bonds is 1. The molecule has 3 nitrogen and oxygen atoms in total. The predicted octanol–water partition coefficient (Wildman–Crippen LogP) is 1.61. The fourth-order valence-electron chi connectivity index (χ4n) is 0.937. The highest BCUT2D eigenvalue weighted by Crippen LogP contribution is 2.32. The predicted molar refractivity (Wildman–Crippen MR) is 51.1 cm³/mol. The first-order chi connectivity index (χ1) is 5.59. The molecule has 0 aromatic carbocycles. The van der Waals surface area contributed by atoms with E-state index in [1.165, 1.54) is 22.7 Å². The van der Waals surface area contributed by atoms with Crippen LogP contribution in [0, 0.1) is 0 Å². The Kier molecular flexibility index (Phi) is 1.72. The summed E-state index contributed by atoms with van der Waals surface area (Å²) >= 11 is 2.80. The van der Waals surface area contributed by atoms with Crippen molar-refractivity contribution in [2.24, 2.45) is 5.14 Å². The molecule has 0 saturated heterocycles. The number of hydrogen-bond acceptors (Lipinski definition) is 4. The van der Waals surface area contributed by atoms with Gasteiger partial charge >= 0.3 is 0 Å². The van der Waals surface area contributed by atoms with E-state index in [2.05, 4.69) is 0 Å². The highest BCUT2D eigenvalue weighted by molar-refractivity contribution is 7.89. The Hall–Kier alpha value is -0.430. The molecule has 2 N–H and O–H groups in total. The van der Waals surface area contributed by atoms with E-state index in [0.717, 1.165) is 9.40 Å². The summed E-state index contributed by atoms with van der Waals surface area (Å²) in [6.45, 7) is 0. The average molecular weight is 219 g/mol. The summed E-state index contributed by atoms with van der Waals surface area (Å²) in [7, 11) is -3.54. The molecule has 2 aromatic heterocycles. The van der Waals surface area contributed by atoms with Gasteiger partial charge in [-0.15, -0.1) is 22.7 Å². The van der Waals surface area contributed by atoms with Crippen molar-refractivity contribution in [3.05, 3.63) is 16.8 Å². The number of primary sulfonamides is 1. The molecule has 0 bridgehead atoms. The van der Waals surface area contributed by atoms with E-state index in [1.54, 1.807) is 5.38 Å². The Morgan fingerprint density at radius 2 is 2.08 bits per heavy atom. The maximum atomic E-state index is 11.0. The van der Waals surface area contributed by atoms with E-state index < -0.39 is 10.0 Å². The van der Waals surface area contributed by atoms with Crippen LogP contribution >= 0.6 is 22.7 Å². The molecule has 0 spiro atoms. The number of fused-ring (bicyclic) bond motifs is 1. The average Bonchev–Trinajstić information content (AvgIpc) is 2.37. The number of thiophene rings is 2. The number of sulfonamides is 1. The van der Waals surface area contributed by atoms with Crippen LogP contribution in [0.1, 0.15) is 0 Å². The summed E-state index contributed by atoms with van der Waals surface area (Å²) in [6, 6.07) is 1.89. The molecule has 12 heavy (non-hydrogen) atoms. The van der Waals surface area contributed by atoms with Crippen molar-refractivity contribution in [2.45, 2.75) is 4.90 Å². The maximum Gasteiger partial charge on any atom is 0.240 e. The maximum absolute atomic E-state index is 11.0. The lowest BCUT2D eigenvalue weighted by atomic mass is 10.5. The molecular formula is C6H5NO2S3. The van der Waals surface area contributed by atoms with Gasteiger partial charge in [-0.05, 0) is 11.4 Å². The fraction of sp³-hybridized carbons (Fsp3) is 0. The van der Waals surface area contributed by atoms with Gasteiger partial charge in [0.25, 0.3) is 0 Å². The van der Waals surface area contributed by atoms with Crippen LogP contribution in [0.5, 0.6) is 0 Å². The van der Waals surface area contributed by atoms with E-state index in [1.807, 2.05) is 11.4 Å².